The zero-order valence-corrected chi connectivity index (χ0v) is 6.35. The summed E-state index contributed by atoms with van der Waals surface area (Å²) in [6, 6.07) is 0. The van der Waals surface area contributed by atoms with Crippen molar-refractivity contribution in [3.63, 3.8) is 0 Å². The van der Waals surface area contributed by atoms with Crippen molar-refractivity contribution in [2.75, 3.05) is 0 Å². The summed E-state index contributed by atoms with van der Waals surface area (Å²) in [7, 11) is -1.62. The average Bonchev–Trinajstić information content (AvgIpc) is 1.38. The Bertz CT molecular complexity index is 53.0. The fourth-order valence-corrected chi connectivity index (χ4v) is 0. The van der Waals surface area contributed by atoms with Gasteiger partial charge in [0.15, 0.2) is 0 Å². The molecule has 0 aromatic rings. The summed E-state index contributed by atoms with van der Waals surface area (Å²) < 4.78 is 9.32. The van der Waals surface area contributed by atoms with Gasteiger partial charge in [-0.3, -0.25) is 0 Å². The summed E-state index contributed by atoms with van der Waals surface area (Å²) in [6.07, 6.45) is 0. The molecule has 0 fully saturated rings. The average molecular weight is 183 g/mol. The molecule has 32 valence electrons. The van der Waals surface area contributed by atoms with E-state index in [-0.39, 0.29) is 20.3 Å². The van der Waals surface area contributed by atoms with Gasteiger partial charge in [-0.15, -0.1) is 0 Å². The van der Waals surface area contributed by atoms with E-state index >= 15 is 0 Å². The molecular formula is HBrLiO2PS. The molecule has 0 saturated carbocycles. The van der Waals surface area contributed by atoms with Crippen molar-refractivity contribution in [2.45, 2.75) is 0 Å². The molecule has 0 aliphatic carbocycles. The first-order valence-corrected chi connectivity index (χ1v) is 5.14. The van der Waals surface area contributed by atoms with Crippen LogP contribution in [-0.4, -0.2) is 0 Å². The van der Waals surface area contributed by atoms with Crippen LogP contribution in [-0.2, 0) is 4.57 Å². The van der Waals surface area contributed by atoms with Crippen LogP contribution in [0, 0.1) is 0 Å². The van der Waals surface area contributed by atoms with E-state index in [1.807, 2.05) is 0 Å². The molecule has 0 saturated heterocycles. The molecule has 0 amide bonds. The fourth-order valence-electron chi connectivity index (χ4n) is 0. The molecule has 0 aliphatic rings. The molecule has 6 heteroatoms. The van der Waals surface area contributed by atoms with Gasteiger partial charge in [0.25, 0.3) is 0 Å². The summed E-state index contributed by atoms with van der Waals surface area (Å²) >= 11 is 2.63. The minimum absolute atomic E-state index is 0. The molecular weight excluding hydrogens is 182 g/mol. The second kappa shape index (κ2) is 6.49. The topological polar surface area (TPSA) is 40.1 Å². The largest absolute Gasteiger partial charge is 1.00 e. The van der Waals surface area contributed by atoms with Gasteiger partial charge in [0.2, 0.25) is 9.82 Å². The van der Waals surface area contributed by atoms with E-state index in [1.165, 1.54) is 0 Å². The molecule has 0 radical (unpaired) electrons. The normalized spacial score (nSPS) is 9.33. The minimum Gasteiger partial charge on any atom is -1.00 e. The van der Waals surface area contributed by atoms with E-state index in [9.17, 15) is 9.46 Å². The van der Waals surface area contributed by atoms with E-state index in [1.54, 1.807) is 0 Å². The summed E-state index contributed by atoms with van der Waals surface area (Å²) in [6.45, 7) is 0. The quantitative estimate of drug-likeness (QED) is 0.354. The van der Waals surface area contributed by atoms with Crippen LogP contribution >= 0.6 is 31.9 Å². The zero-order valence-electron chi connectivity index (χ0n) is 4.05. The van der Waals surface area contributed by atoms with Gasteiger partial charge in [-0.05, 0) is 0 Å². The Balaban J connectivity index is -0.0000000800. The molecule has 0 N–H and O–H groups in total. The Labute approximate surface area is 61.6 Å². The number of hydrogen-bond donors (Lipinski definition) is 0. The molecule has 0 rings (SSSR count). The van der Waals surface area contributed by atoms with E-state index in [2.05, 4.69) is 14.8 Å². The van der Waals surface area contributed by atoms with Crippen molar-refractivity contribution in [1.29, 1.82) is 0 Å². The standard InChI is InChI=1S/BrO2PS.Li.H/c1-5-4(2)3;;/q;+1;-1. The van der Waals surface area contributed by atoms with E-state index in [4.69, 9.17) is 0 Å². The molecule has 0 aliphatic heterocycles. The van der Waals surface area contributed by atoms with Gasteiger partial charge in [0.1, 0.15) is 0 Å². The Morgan fingerprint density at radius 3 is 2.17 bits per heavy atom. The Kier molecular flexibility index (Phi) is 11.3. The fraction of sp³-hybridized carbons (Fsp3) is 0. The van der Waals surface area contributed by atoms with Gasteiger partial charge in [-0.2, -0.15) is 0 Å². The second-order valence-corrected chi connectivity index (χ2v) is 4.79. The van der Waals surface area contributed by atoms with Gasteiger partial charge in [0, 0.05) is 14.8 Å². The first kappa shape index (κ1) is 10.5. The van der Waals surface area contributed by atoms with Crippen LogP contribution in [0.5, 0.6) is 0 Å². The van der Waals surface area contributed by atoms with Crippen LogP contribution < -0.4 is 23.8 Å². The molecule has 6 heavy (non-hydrogen) atoms. The first-order valence-electron chi connectivity index (χ1n) is 0.702. The third-order valence-electron chi connectivity index (χ3n) is 0.0563. The molecule has 2 nitrogen and oxygen atoms in total. The maximum absolute atomic E-state index is 9.32. The van der Waals surface area contributed by atoms with Crippen LogP contribution in [0.25, 0.3) is 0 Å². The number of halogens is 1. The van der Waals surface area contributed by atoms with Gasteiger partial charge >= 0.3 is 26.1 Å². The van der Waals surface area contributed by atoms with Crippen molar-refractivity contribution in [3.05, 3.63) is 0 Å². The van der Waals surface area contributed by atoms with Crippen LogP contribution in [0.1, 0.15) is 1.43 Å². The van der Waals surface area contributed by atoms with Gasteiger partial charge in [-0.1, -0.05) is 4.57 Å². The molecule has 1 atom stereocenters. The summed E-state index contributed by atoms with van der Waals surface area (Å²) in [4.78, 5) is 9.32. The third-order valence-corrected chi connectivity index (χ3v) is 2.63. The smallest absolute Gasteiger partial charge is 1.00 e. The predicted octanol–water partition coefficient (Wildman–Crippen LogP) is -1.84. The molecule has 0 aromatic carbocycles. The van der Waals surface area contributed by atoms with Crippen molar-refractivity contribution < 1.29 is 29.7 Å². The predicted molar refractivity (Wildman–Crippen MR) is 25.2 cm³/mol. The Morgan fingerprint density at radius 2 is 2.17 bits per heavy atom. The van der Waals surface area contributed by atoms with Crippen LogP contribution in [0.4, 0.5) is 0 Å². The first-order chi connectivity index (χ1) is 2.27. The molecule has 0 bridgehead atoms. The number of rotatable bonds is 1. The monoisotopic (exact) mass is 182 g/mol. The summed E-state index contributed by atoms with van der Waals surface area (Å²) in [5, 5.41) is 0. The van der Waals surface area contributed by atoms with Crippen molar-refractivity contribution in [1.82, 2.24) is 0 Å². The molecule has 0 spiro atoms. The van der Waals surface area contributed by atoms with Crippen LogP contribution in [0.2, 0.25) is 0 Å². The van der Waals surface area contributed by atoms with E-state index in [0.717, 1.165) is 0 Å². The van der Waals surface area contributed by atoms with Crippen molar-refractivity contribution >= 4 is 31.9 Å². The molecule has 0 aromatic heterocycles. The zero-order chi connectivity index (χ0) is 4.28. The Morgan fingerprint density at radius 1 is 2.00 bits per heavy atom. The number of hydrogen-bond acceptors (Lipinski definition) is 3. The summed E-state index contributed by atoms with van der Waals surface area (Å²) in [5.74, 6) is 0. The molecule has 0 heterocycles. The van der Waals surface area contributed by atoms with Crippen LogP contribution in [0.15, 0.2) is 0 Å². The van der Waals surface area contributed by atoms with Crippen LogP contribution in [0.3, 0.4) is 0 Å². The third kappa shape index (κ3) is 9.09. The Hall–Kier alpha value is 1.49. The second-order valence-electron chi connectivity index (χ2n) is 0.293. The van der Waals surface area contributed by atoms with Gasteiger partial charge in [-0.25, -0.2) is 0 Å². The summed E-state index contributed by atoms with van der Waals surface area (Å²) in [5.41, 5.74) is 0. The maximum atomic E-state index is 9.32. The van der Waals surface area contributed by atoms with Gasteiger partial charge in [0.05, 0.1) is 0 Å². The maximum Gasteiger partial charge on any atom is 1.00 e. The van der Waals surface area contributed by atoms with E-state index in [0.29, 0.717) is 9.82 Å². The SMILES string of the molecule is O=[P+]([O-])SBr.[H-].[Li+]. The minimum atomic E-state index is -2.26. The van der Waals surface area contributed by atoms with Crippen molar-refractivity contribution in [3.8, 4) is 0 Å². The van der Waals surface area contributed by atoms with Gasteiger partial charge < -0.3 is 6.32 Å². The van der Waals surface area contributed by atoms with Crippen molar-refractivity contribution in [2.24, 2.45) is 0 Å². The molecule has 1 unspecified atom stereocenters. The van der Waals surface area contributed by atoms with E-state index < -0.39 is 7.23 Å².